The van der Waals surface area contributed by atoms with E-state index in [1.54, 1.807) is 0 Å². The zero-order valence-electron chi connectivity index (χ0n) is 9.92. The Balaban J connectivity index is 2.29. The minimum Gasteiger partial charge on any atom is -0.393 e. The normalized spacial score (nSPS) is 46.1. The first kappa shape index (κ1) is 10.9. The number of rotatable bonds is 1. The fourth-order valence-corrected chi connectivity index (χ4v) is 3.18. The first-order chi connectivity index (χ1) is 6.98. The molecule has 0 spiro atoms. The fourth-order valence-electron chi connectivity index (χ4n) is 3.18. The zero-order valence-corrected chi connectivity index (χ0v) is 9.92. The topological polar surface area (TPSA) is 20.2 Å². The van der Waals surface area contributed by atoms with Crippen LogP contribution in [0.2, 0.25) is 0 Å². The molecule has 1 heteroatoms. The molecule has 2 aliphatic rings. The van der Waals surface area contributed by atoms with Gasteiger partial charge in [0.15, 0.2) is 0 Å². The van der Waals surface area contributed by atoms with Gasteiger partial charge in [-0.05, 0) is 31.1 Å². The molecule has 1 N–H and O–H groups in total. The summed E-state index contributed by atoms with van der Waals surface area (Å²) in [6, 6.07) is 0. The highest BCUT2D eigenvalue weighted by Crippen LogP contribution is 2.55. The lowest BCUT2D eigenvalue weighted by Crippen LogP contribution is -2.42. The Morgan fingerprint density at radius 3 is 2.60 bits per heavy atom. The summed E-state index contributed by atoms with van der Waals surface area (Å²) in [7, 11) is 0. The van der Waals surface area contributed by atoms with Crippen LogP contribution in [0.25, 0.3) is 0 Å². The molecule has 2 aliphatic carbocycles. The number of aliphatic hydroxyl groups is 1. The molecule has 0 saturated heterocycles. The molecule has 0 amide bonds. The van der Waals surface area contributed by atoms with Gasteiger partial charge in [0.1, 0.15) is 0 Å². The van der Waals surface area contributed by atoms with Crippen molar-refractivity contribution in [3.63, 3.8) is 0 Å². The lowest BCUT2D eigenvalue weighted by atomic mass is 9.59. The summed E-state index contributed by atoms with van der Waals surface area (Å²) in [4.78, 5) is 0. The predicted molar refractivity (Wildman–Crippen MR) is 63.6 cm³/mol. The molecule has 1 fully saturated rings. The Morgan fingerprint density at radius 1 is 1.40 bits per heavy atom. The molecule has 84 valence electrons. The molecule has 15 heavy (non-hydrogen) atoms. The van der Waals surface area contributed by atoms with Crippen LogP contribution in [0.4, 0.5) is 0 Å². The molecule has 0 aromatic rings. The first-order valence-corrected chi connectivity index (χ1v) is 6.03. The van der Waals surface area contributed by atoms with Gasteiger partial charge in [0.05, 0.1) is 6.10 Å². The minimum absolute atomic E-state index is 0.0736. The van der Waals surface area contributed by atoms with Crippen LogP contribution in [0.3, 0.4) is 0 Å². The quantitative estimate of drug-likeness (QED) is 0.696. The monoisotopic (exact) mass is 206 g/mol. The van der Waals surface area contributed by atoms with Crippen molar-refractivity contribution in [1.29, 1.82) is 0 Å². The van der Waals surface area contributed by atoms with E-state index in [1.807, 2.05) is 0 Å². The highest BCUT2D eigenvalue weighted by atomic mass is 16.3. The van der Waals surface area contributed by atoms with E-state index in [4.69, 9.17) is 0 Å². The van der Waals surface area contributed by atoms with Gasteiger partial charge in [-0.15, -0.1) is 0 Å². The zero-order chi connectivity index (χ0) is 11.1. The van der Waals surface area contributed by atoms with E-state index in [9.17, 15) is 5.11 Å². The van der Waals surface area contributed by atoms with Gasteiger partial charge in [-0.1, -0.05) is 44.6 Å². The predicted octanol–water partition coefficient (Wildman–Crippen LogP) is 3.45. The third-order valence-corrected chi connectivity index (χ3v) is 4.87. The van der Waals surface area contributed by atoms with Crippen LogP contribution in [-0.2, 0) is 0 Å². The summed E-state index contributed by atoms with van der Waals surface area (Å²) in [5, 5.41) is 10.2. The molecule has 3 unspecified atom stereocenters. The van der Waals surface area contributed by atoms with Gasteiger partial charge in [0.25, 0.3) is 0 Å². The third kappa shape index (κ3) is 1.57. The second-order valence-electron chi connectivity index (χ2n) is 5.73. The Kier molecular flexibility index (Phi) is 2.54. The average Bonchev–Trinajstić information content (AvgIpc) is 2.54. The van der Waals surface area contributed by atoms with Crippen molar-refractivity contribution in [3.05, 3.63) is 24.3 Å². The summed E-state index contributed by atoms with van der Waals surface area (Å²) in [6.07, 6.45) is 9.82. The molecular formula is C14H22O. The average molecular weight is 206 g/mol. The molecule has 2 rings (SSSR count). The molecule has 0 radical (unpaired) electrons. The van der Waals surface area contributed by atoms with Gasteiger partial charge >= 0.3 is 0 Å². The summed E-state index contributed by atoms with van der Waals surface area (Å²) in [5.41, 5.74) is 1.46. The van der Waals surface area contributed by atoms with Gasteiger partial charge in [0.2, 0.25) is 0 Å². The summed E-state index contributed by atoms with van der Waals surface area (Å²) >= 11 is 0. The van der Waals surface area contributed by atoms with E-state index in [1.165, 1.54) is 12.0 Å². The van der Waals surface area contributed by atoms with Crippen molar-refractivity contribution in [1.82, 2.24) is 0 Å². The van der Waals surface area contributed by atoms with Crippen LogP contribution in [-0.4, -0.2) is 11.2 Å². The van der Waals surface area contributed by atoms with Crippen molar-refractivity contribution in [2.75, 3.05) is 0 Å². The maximum absolute atomic E-state index is 10.2. The second-order valence-corrected chi connectivity index (χ2v) is 5.73. The van der Waals surface area contributed by atoms with E-state index >= 15 is 0 Å². The maximum Gasteiger partial charge on any atom is 0.0602 e. The van der Waals surface area contributed by atoms with Crippen molar-refractivity contribution in [3.8, 4) is 0 Å². The molecule has 0 bridgehead atoms. The number of aliphatic hydroxyl groups excluding tert-OH is 1. The highest BCUT2D eigenvalue weighted by molar-refractivity contribution is 5.25. The van der Waals surface area contributed by atoms with Crippen LogP contribution >= 0.6 is 0 Å². The van der Waals surface area contributed by atoms with E-state index in [-0.39, 0.29) is 16.9 Å². The second kappa shape index (κ2) is 3.48. The Hall–Kier alpha value is -0.560. The number of hydrogen-bond acceptors (Lipinski definition) is 1. The Morgan fingerprint density at radius 2 is 2.13 bits per heavy atom. The van der Waals surface area contributed by atoms with Crippen molar-refractivity contribution < 1.29 is 5.11 Å². The van der Waals surface area contributed by atoms with Crippen molar-refractivity contribution >= 4 is 0 Å². The van der Waals surface area contributed by atoms with Crippen LogP contribution in [0, 0.1) is 10.8 Å². The van der Waals surface area contributed by atoms with Crippen molar-refractivity contribution in [2.24, 2.45) is 10.8 Å². The van der Waals surface area contributed by atoms with Gasteiger partial charge in [-0.3, -0.25) is 0 Å². The smallest absolute Gasteiger partial charge is 0.0602 e. The van der Waals surface area contributed by atoms with Gasteiger partial charge in [-0.25, -0.2) is 0 Å². The van der Waals surface area contributed by atoms with Crippen LogP contribution in [0.1, 0.15) is 46.0 Å². The molecule has 1 nitrogen and oxygen atoms in total. The van der Waals surface area contributed by atoms with Crippen molar-refractivity contribution in [2.45, 2.75) is 52.1 Å². The van der Waals surface area contributed by atoms with Gasteiger partial charge < -0.3 is 5.11 Å². The molecule has 0 heterocycles. The molecule has 0 aliphatic heterocycles. The van der Waals surface area contributed by atoms with Crippen LogP contribution in [0.5, 0.6) is 0 Å². The van der Waals surface area contributed by atoms with Crippen LogP contribution in [0.15, 0.2) is 24.3 Å². The number of allylic oxidation sites excluding steroid dienone is 3. The highest BCUT2D eigenvalue weighted by Gasteiger charge is 2.50. The van der Waals surface area contributed by atoms with E-state index in [2.05, 4.69) is 32.6 Å². The number of hydrogen-bond donors (Lipinski definition) is 1. The fraction of sp³-hybridized carbons (Fsp3) is 0.714. The molecule has 0 aromatic heterocycles. The molecular weight excluding hydrogens is 184 g/mol. The minimum atomic E-state index is -0.126. The van der Waals surface area contributed by atoms with Gasteiger partial charge in [-0.2, -0.15) is 0 Å². The Labute approximate surface area is 92.9 Å². The SMILES string of the molecule is C=C1C=CC(C)(C2(C)CCCC2O)CC1. The lowest BCUT2D eigenvalue weighted by molar-refractivity contribution is -0.0151. The summed E-state index contributed by atoms with van der Waals surface area (Å²) < 4.78 is 0. The first-order valence-electron chi connectivity index (χ1n) is 6.03. The summed E-state index contributed by atoms with van der Waals surface area (Å²) in [5.74, 6) is 0. The van der Waals surface area contributed by atoms with E-state index < -0.39 is 0 Å². The van der Waals surface area contributed by atoms with Crippen LogP contribution < -0.4 is 0 Å². The lowest BCUT2D eigenvalue weighted by Gasteiger charge is -2.46. The molecule has 0 aromatic carbocycles. The Bertz CT molecular complexity index is 304. The van der Waals surface area contributed by atoms with Gasteiger partial charge in [0, 0.05) is 5.41 Å². The third-order valence-electron chi connectivity index (χ3n) is 4.87. The molecule has 1 saturated carbocycles. The maximum atomic E-state index is 10.2. The standard InChI is InChI=1S/C14H22O/c1-11-6-9-13(2,10-7-11)14(3)8-4-5-12(14)15/h6,9,12,15H,1,4-5,7-8,10H2,2-3H3. The van der Waals surface area contributed by atoms with E-state index in [0.717, 1.165) is 25.7 Å². The summed E-state index contributed by atoms with van der Waals surface area (Å²) in [6.45, 7) is 8.55. The molecule has 3 atom stereocenters. The largest absolute Gasteiger partial charge is 0.393 e. The van der Waals surface area contributed by atoms with E-state index in [0.29, 0.717) is 0 Å².